The Labute approximate surface area is 168 Å². The number of nitrogens with one attached hydrogen (secondary N) is 1. The lowest BCUT2D eigenvalue weighted by Crippen LogP contribution is -2.06. The van der Waals surface area contributed by atoms with Crippen LogP contribution in [0.25, 0.3) is 0 Å². The quantitative estimate of drug-likeness (QED) is 0.526. The van der Waals surface area contributed by atoms with Crippen LogP contribution in [0.15, 0.2) is 60.7 Å². The minimum Gasteiger partial charge on any atom is -0.497 e. The topological polar surface area (TPSA) is 39.7 Å². The summed E-state index contributed by atoms with van der Waals surface area (Å²) < 4.78 is 30.6. The second kappa shape index (κ2) is 9.33. The van der Waals surface area contributed by atoms with E-state index in [-0.39, 0.29) is 6.61 Å². The van der Waals surface area contributed by atoms with Gasteiger partial charge in [-0.25, -0.2) is 4.39 Å². The average molecular weight is 402 g/mol. The molecule has 0 amide bonds. The molecule has 0 fully saturated rings. The van der Waals surface area contributed by atoms with Crippen LogP contribution >= 0.6 is 11.6 Å². The molecule has 6 heteroatoms. The summed E-state index contributed by atoms with van der Waals surface area (Å²) in [6.45, 7) is 0.505. The number of benzene rings is 3. The van der Waals surface area contributed by atoms with Crippen molar-refractivity contribution in [3.05, 3.63) is 82.6 Å². The lowest BCUT2D eigenvalue weighted by atomic mass is 10.1. The van der Waals surface area contributed by atoms with Gasteiger partial charge in [-0.05, 0) is 42.5 Å². The predicted octanol–water partition coefficient (Wildman–Crippen LogP) is 5.69. The van der Waals surface area contributed by atoms with E-state index in [1.54, 1.807) is 32.4 Å². The van der Waals surface area contributed by atoms with Gasteiger partial charge in [0.1, 0.15) is 18.2 Å². The van der Waals surface area contributed by atoms with E-state index >= 15 is 0 Å². The van der Waals surface area contributed by atoms with Gasteiger partial charge in [0, 0.05) is 23.4 Å². The molecule has 3 rings (SSSR count). The van der Waals surface area contributed by atoms with Crippen molar-refractivity contribution in [2.75, 3.05) is 19.5 Å². The van der Waals surface area contributed by atoms with Gasteiger partial charge in [-0.2, -0.15) is 0 Å². The predicted molar refractivity (Wildman–Crippen MR) is 109 cm³/mol. The Morgan fingerprint density at radius 1 is 0.929 bits per heavy atom. The van der Waals surface area contributed by atoms with Gasteiger partial charge in [-0.1, -0.05) is 29.8 Å². The summed E-state index contributed by atoms with van der Waals surface area (Å²) in [7, 11) is 3.20. The molecule has 28 heavy (non-hydrogen) atoms. The van der Waals surface area contributed by atoms with Crippen molar-refractivity contribution in [3.63, 3.8) is 0 Å². The molecule has 0 saturated heterocycles. The maximum absolute atomic E-state index is 14.0. The first-order valence-electron chi connectivity index (χ1n) is 8.72. The standard InChI is InChI=1S/C22H21ClFNO3/c1-26-17-11-9-16(10-12-17)25-13-15-5-3-8-21(27-2)22(15)28-14-18-19(23)6-4-7-20(18)24/h3-12,25H,13-14H2,1-2H3. The molecule has 0 radical (unpaired) electrons. The maximum Gasteiger partial charge on any atom is 0.166 e. The minimum atomic E-state index is -0.402. The largest absolute Gasteiger partial charge is 0.497 e. The molecule has 0 heterocycles. The first kappa shape index (κ1) is 19.8. The van der Waals surface area contributed by atoms with Crippen LogP contribution in [0, 0.1) is 5.82 Å². The van der Waals surface area contributed by atoms with Gasteiger partial charge >= 0.3 is 0 Å². The zero-order valence-corrected chi connectivity index (χ0v) is 16.4. The van der Waals surface area contributed by atoms with E-state index in [0.717, 1.165) is 17.0 Å². The Morgan fingerprint density at radius 3 is 2.36 bits per heavy atom. The number of halogens is 2. The zero-order valence-electron chi connectivity index (χ0n) is 15.7. The van der Waals surface area contributed by atoms with Crippen molar-refractivity contribution in [1.29, 1.82) is 0 Å². The highest BCUT2D eigenvalue weighted by atomic mass is 35.5. The summed E-state index contributed by atoms with van der Waals surface area (Å²) in [4.78, 5) is 0. The van der Waals surface area contributed by atoms with E-state index in [0.29, 0.717) is 28.6 Å². The van der Waals surface area contributed by atoms with Crippen molar-refractivity contribution >= 4 is 17.3 Å². The molecule has 0 spiro atoms. The van der Waals surface area contributed by atoms with Crippen molar-refractivity contribution in [1.82, 2.24) is 0 Å². The molecule has 0 bridgehead atoms. The molecule has 1 N–H and O–H groups in total. The van der Waals surface area contributed by atoms with E-state index < -0.39 is 5.82 Å². The number of hydrogen-bond acceptors (Lipinski definition) is 4. The molecule has 146 valence electrons. The maximum atomic E-state index is 14.0. The number of hydrogen-bond donors (Lipinski definition) is 1. The number of rotatable bonds is 8. The highest BCUT2D eigenvalue weighted by Gasteiger charge is 2.14. The SMILES string of the molecule is COc1ccc(NCc2cccc(OC)c2OCc2c(F)cccc2Cl)cc1. The highest BCUT2D eigenvalue weighted by Crippen LogP contribution is 2.33. The van der Waals surface area contributed by atoms with Crippen molar-refractivity contribution in [2.24, 2.45) is 0 Å². The van der Waals surface area contributed by atoms with E-state index in [1.165, 1.54) is 6.07 Å². The Balaban J connectivity index is 1.78. The molecule has 0 saturated carbocycles. The third-order valence-corrected chi connectivity index (χ3v) is 4.63. The Kier molecular flexibility index (Phi) is 6.61. The molecule has 0 unspecified atom stereocenters. The van der Waals surface area contributed by atoms with Crippen molar-refractivity contribution in [3.8, 4) is 17.2 Å². The van der Waals surface area contributed by atoms with E-state index in [1.807, 2.05) is 36.4 Å². The molecule has 0 aliphatic rings. The van der Waals surface area contributed by atoms with Crippen LogP contribution in [0.5, 0.6) is 17.2 Å². The lowest BCUT2D eigenvalue weighted by Gasteiger charge is -2.17. The van der Waals surface area contributed by atoms with Crippen molar-refractivity contribution in [2.45, 2.75) is 13.2 Å². The summed E-state index contributed by atoms with van der Waals surface area (Å²) in [5.74, 6) is 1.50. The normalized spacial score (nSPS) is 10.4. The first-order chi connectivity index (χ1) is 13.6. The molecule has 0 atom stereocenters. The first-order valence-corrected chi connectivity index (χ1v) is 9.09. The van der Waals surface area contributed by atoms with Crippen molar-refractivity contribution < 1.29 is 18.6 Å². The van der Waals surface area contributed by atoms with Crippen LogP contribution in [-0.4, -0.2) is 14.2 Å². The molecule has 4 nitrogen and oxygen atoms in total. The third kappa shape index (κ3) is 4.67. The van der Waals surface area contributed by atoms with Gasteiger partial charge in [-0.3, -0.25) is 0 Å². The minimum absolute atomic E-state index is 0.00140. The number of methoxy groups -OCH3 is 2. The zero-order chi connectivity index (χ0) is 19.9. The van der Waals surface area contributed by atoms with Crippen LogP contribution in [-0.2, 0) is 13.2 Å². The smallest absolute Gasteiger partial charge is 0.166 e. The van der Waals surface area contributed by atoms with Crippen LogP contribution in [0.3, 0.4) is 0 Å². The molecule has 3 aromatic carbocycles. The van der Waals surface area contributed by atoms with Gasteiger partial charge in [0.15, 0.2) is 11.5 Å². The second-order valence-electron chi connectivity index (χ2n) is 6.02. The van der Waals surface area contributed by atoms with Gasteiger partial charge in [-0.15, -0.1) is 0 Å². The van der Waals surface area contributed by atoms with Crippen LogP contribution < -0.4 is 19.5 Å². The summed E-state index contributed by atoms with van der Waals surface area (Å²) >= 11 is 6.10. The third-order valence-electron chi connectivity index (χ3n) is 4.28. The summed E-state index contributed by atoms with van der Waals surface area (Å²) in [6, 6.07) is 17.8. The van der Waals surface area contributed by atoms with Gasteiger partial charge in [0.05, 0.1) is 19.2 Å². The summed E-state index contributed by atoms with van der Waals surface area (Å²) in [6.07, 6.45) is 0. The van der Waals surface area contributed by atoms with Crippen LogP contribution in [0.4, 0.5) is 10.1 Å². The Hall–Kier alpha value is -2.92. The molecule has 3 aromatic rings. The van der Waals surface area contributed by atoms with Gasteiger partial charge in [0.2, 0.25) is 0 Å². The Bertz CT molecular complexity index is 911. The van der Waals surface area contributed by atoms with Gasteiger partial charge in [0.25, 0.3) is 0 Å². The summed E-state index contributed by atoms with van der Waals surface area (Å²) in [5.41, 5.74) is 2.12. The fourth-order valence-corrected chi connectivity index (χ4v) is 2.96. The molecule has 0 aromatic heterocycles. The molecule has 0 aliphatic heterocycles. The van der Waals surface area contributed by atoms with E-state index in [2.05, 4.69) is 5.32 Å². The lowest BCUT2D eigenvalue weighted by molar-refractivity contribution is 0.277. The second-order valence-corrected chi connectivity index (χ2v) is 6.43. The average Bonchev–Trinajstić information content (AvgIpc) is 2.72. The number of para-hydroxylation sites is 1. The number of anilines is 1. The molecular weight excluding hydrogens is 381 g/mol. The fraction of sp³-hybridized carbons (Fsp3) is 0.182. The fourth-order valence-electron chi connectivity index (χ4n) is 2.75. The van der Waals surface area contributed by atoms with Crippen LogP contribution in [0.1, 0.15) is 11.1 Å². The van der Waals surface area contributed by atoms with E-state index in [9.17, 15) is 4.39 Å². The number of ether oxygens (including phenoxy) is 3. The Morgan fingerprint density at radius 2 is 1.68 bits per heavy atom. The highest BCUT2D eigenvalue weighted by molar-refractivity contribution is 6.31. The molecular formula is C22H21ClFNO3. The summed E-state index contributed by atoms with van der Waals surface area (Å²) in [5, 5.41) is 3.66. The van der Waals surface area contributed by atoms with Crippen LogP contribution in [0.2, 0.25) is 5.02 Å². The monoisotopic (exact) mass is 401 g/mol. The molecule has 0 aliphatic carbocycles. The van der Waals surface area contributed by atoms with Gasteiger partial charge < -0.3 is 19.5 Å². The van der Waals surface area contributed by atoms with E-state index in [4.69, 9.17) is 25.8 Å².